The molecule has 3 N–H and O–H groups in total. The van der Waals surface area contributed by atoms with Gasteiger partial charge in [-0.05, 0) is 57.1 Å². The van der Waals surface area contributed by atoms with Gasteiger partial charge in [-0.1, -0.05) is 18.2 Å². The summed E-state index contributed by atoms with van der Waals surface area (Å²) in [5.74, 6) is 0.938. The first-order chi connectivity index (χ1) is 15.0. The monoisotopic (exact) mass is 432 g/mol. The summed E-state index contributed by atoms with van der Waals surface area (Å²) in [5.41, 5.74) is 1.10. The summed E-state index contributed by atoms with van der Waals surface area (Å²) in [5, 5.41) is 8.77. The van der Waals surface area contributed by atoms with Crippen molar-refractivity contribution < 1.29 is 19.1 Å². The minimum Gasteiger partial charge on any atom is -0.489 e. The Kier molecular flexibility index (Phi) is 10.3. The smallest absolute Gasteiger partial charge is 0.240 e. The van der Waals surface area contributed by atoms with Gasteiger partial charge in [-0.25, -0.2) is 0 Å². The molecule has 1 aromatic carbocycles. The molecule has 1 saturated carbocycles. The molecule has 8 nitrogen and oxygen atoms in total. The molecule has 2 atom stereocenters. The van der Waals surface area contributed by atoms with E-state index in [1.54, 1.807) is 7.05 Å². The molecule has 1 unspecified atom stereocenters. The first-order valence-electron chi connectivity index (χ1n) is 11.1. The normalized spacial score (nSPS) is 14.9. The van der Waals surface area contributed by atoms with E-state index in [9.17, 15) is 14.4 Å². The molecule has 2 rings (SSSR count). The second-order valence-corrected chi connectivity index (χ2v) is 8.08. The molecule has 0 radical (unpaired) electrons. The maximum Gasteiger partial charge on any atom is 0.240 e. The van der Waals surface area contributed by atoms with E-state index in [4.69, 9.17) is 4.74 Å². The average Bonchev–Trinajstić information content (AvgIpc) is 3.57. The van der Waals surface area contributed by atoms with Gasteiger partial charge in [0.05, 0.1) is 12.6 Å². The van der Waals surface area contributed by atoms with Crippen molar-refractivity contribution in [2.24, 2.45) is 5.92 Å². The first kappa shape index (κ1) is 24.7. The number of carbonyl (C=O) groups is 3. The van der Waals surface area contributed by atoms with Crippen LogP contribution < -0.4 is 20.7 Å². The molecule has 0 heterocycles. The lowest BCUT2D eigenvalue weighted by molar-refractivity contribution is -0.136. The summed E-state index contributed by atoms with van der Waals surface area (Å²) >= 11 is 0. The van der Waals surface area contributed by atoms with Crippen molar-refractivity contribution in [1.82, 2.24) is 20.9 Å². The number of rotatable bonds is 15. The Morgan fingerprint density at radius 2 is 2.03 bits per heavy atom. The maximum absolute atomic E-state index is 12.9. The molecule has 3 amide bonds. The number of aryl methyl sites for hydroxylation is 1. The highest BCUT2D eigenvalue weighted by Gasteiger charge is 2.37. The molecule has 0 aliphatic heterocycles. The van der Waals surface area contributed by atoms with Crippen LogP contribution in [0.25, 0.3) is 0 Å². The topological polar surface area (TPSA) is 99.8 Å². The zero-order valence-electron chi connectivity index (χ0n) is 18.9. The summed E-state index contributed by atoms with van der Waals surface area (Å²) in [4.78, 5) is 36.6. The number of nitrogens with one attached hydrogen (secondary N) is 3. The van der Waals surface area contributed by atoms with Crippen molar-refractivity contribution in [3.05, 3.63) is 29.8 Å². The molecule has 31 heavy (non-hydrogen) atoms. The number of amides is 3. The van der Waals surface area contributed by atoms with E-state index in [0.717, 1.165) is 37.0 Å². The van der Waals surface area contributed by atoms with Crippen LogP contribution in [-0.2, 0) is 20.8 Å². The van der Waals surface area contributed by atoms with Crippen LogP contribution in [0.4, 0.5) is 0 Å². The van der Waals surface area contributed by atoms with Crippen LogP contribution in [0.3, 0.4) is 0 Å². The van der Waals surface area contributed by atoms with E-state index in [2.05, 4.69) is 16.0 Å². The molecule has 1 aliphatic carbocycles. The molecular weight excluding hydrogens is 396 g/mol. The molecule has 0 spiro atoms. The number of nitrogens with zero attached hydrogens (tertiary/aromatic N) is 1. The second-order valence-electron chi connectivity index (χ2n) is 8.08. The van der Waals surface area contributed by atoms with Crippen LogP contribution in [0, 0.1) is 5.92 Å². The Bertz CT molecular complexity index is 723. The lowest BCUT2D eigenvalue weighted by Gasteiger charge is -2.26. The molecule has 172 valence electrons. The molecule has 1 aromatic rings. The van der Waals surface area contributed by atoms with Gasteiger partial charge in [-0.15, -0.1) is 0 Å². The predicted molar refractivity (Wildman–Crippen MR) is 120 cm³/mol. The number of para-hydroxylation sites is 1. The van der Waals surface area contributed by atoms with E-state index < -0.39 is 0 Å². The summed E-state index contributed by atoms with van der Waals surface area (Å²) in [6.45, 7) is 5.61. The second kappa shape index (κ2) is 12.9. The van der Waals surface area contributed by atoms with Gasteiger partial charge in [0.15, 0.2) is 0 Å². The zero-order chi connectivity index (χ0) is 22.6. The van der Waals surface area contributed by atoms with E-state index in [-0.39, 0.29) is 30.5 Å². The van der Waals surface area contributed by atoms with Crippen molar-refractivity contribution in [2.75, 3.05) is 33.2 Å². The summed E-state index contributed by atoms with van der Waals surface area (Å²) in [7, 11) is 1.67. The third-order valence-corrected chi connectivity index (χ3v) is 5.27. The van der Waals surface area contributed by atoms with Gasteiger partial charge in [-0.3, -0.25) is 14.4 Å². The predicted octanol–water partition coefficient (Wildman–Crippen LogP) is 1.10. The SMILES string of the molecule is CCNC(=O)CN(C)C(=O)C(NC[C@@H](C)Oc1ccccc1CCCNC=O)C1CC1. The Balaban J connectivity index is 1.87. The number of carbonyl (C=O) groups excluding carboxylic acids is 3. The van der Waals surface area contributed by atoms with Crippen molar-refractivity contribution in [3.8, 4) is 5.75 Å². The fourth-order valence-electron chi connectivity index (χ4n) is 3.49. The number of likely N-dealkylation sites (N-methyl/N-ethyl adjacent to an activating group) is 2. The van der Waals surface area contributed by atoms with Gasteiger partial charge in [0, 0.05) is 26.7 Å². The van der Waals surface area contributed by atoms with Crippen molar-refractivity contribution in [2.45, 2.75) is 51.7 Å². The Morgan fingerprint density at radius 3 is 2.71 bits per heavy atom. The average molecular weight is 433 g/mol. The van der Waals surface area contributed by atoms with Gasteiger partial charge < -0.3 is 25.6 Å². The highest BCUT2D eigenvalue weighted by molar-refractivity contribution is 5.87. The molecule has 0 aromatic heterocycles. The number of benzene rings is 1. The van der Waals surface area contributed by atoms with Crippen LogP contribution >= 0.6 is 0 Å². The maximum atomic E-state index is 12.9. The first-order valence-corrected chi connectivity index (χ1v) is 11.1. The highest BCUT2D eigenvalue weighted by Crippen LogP contribution is 2.33. The number of hydrogen-bond donors (Lipinski definition) is 3. The number of hydrogen-bond acceptors (Lipinski definition) is 5. The quantitative estimate of drug-likeness (QED) is 0.285. The van der Waals surface area contributed by atoms with E-state index in [0.29, 0.717) is 32.0 Å². The van der Waals surface area contributed by atoms with Gasteiger partial charge in [0.2, 0.25) is 18.2 Å². The van der Waals surface area contributed by atoms with Crippen LogP contribution in [0.1, 0.15) is 38.7 Å². The van der Waals surface area contributed by atoms with Gasteiger partial charge in [0.25, 0.3) is 0 Å². The van der Waals surface area contributed by atoms with Crippen molar-refractivity contribution >= 4 is 18.2 Å². The third-order valence-electron chi connectivity index (χ3n) is 5.27. The molecule has 8 heteroatoms. The molecule has 0 saturated heterocycles. The molecule has 0 bridgehead atoms. The minimum absolute atomic E-state index is 0.0518. The fourth-order valence-corrected chi connectivity index (χ4v) is 3.49. The summed E-state index contributed by atoms with van der Waals surface area (Å²) in [6, 6.07) is 7.60. The minimum atomic E-state index is -0.296. The van der Waals surface area contributed by atoms with E-state index >= 15 is 0 Å². The zero-order valence-corrected chi connectivity index (χ0v) is 18.9. The van der Waals surface area contributed by atoms with Crippen LogP contribution in [0.15, 0.2) is 24.3 Å². The van der Waals surface area contributed by atoms with E-state index in [1.807, 2.05) is 38.1 Å². The van der Waals surface area contributed by atoms with Gasteiger partial charge in [0.1, 0.15) is 11.9 Å². The Labute approximate surface area is 185 Å². The Morgan fingerprint density at radius 1 is 1.29 bits per heavy atom. The summed E-state index contributed by atoms with van der Waals surface area (Å²) < 4.78 is 6.15. The van der Waals surface area contributed by atoms with Crippen molar-refractivity contribution in [3.63, 3.8) is 0 Å². The number of ether oxygens (including phenoxy) is 1. The molecule has 1 fully saturated rings. The van der Waals surface area contributed by atoms with Crippen molar-refractivity contribution in [1.29, 1.82) is 0 Å². The third kappa shape index (κ3) is 8.57. The van der Waals surface area contributed by atoms with Crippen LogP contribution in [0.5, 0.6) is 5.75 Å². The van der Waals surface area contributed by atoms with Crippen LogP contribution in [-0.4, -0.2) is 68.5 Å². The summed E-state index contributed by atoms with van der Waals surface area (Å²) in [6.07, 6.45) is 4.27. The van der Waals surface area contributed by atoms with Gasteiger partial charge in [-0.2, -0.15) is 0 Å². The Hall–Kier alpha value is -2.61. The molecular formula is C23H36N4O4. The van der Waals surface area contributed by atoms with Gasteiger partial charge >= 0.3 is 0 Å². The standard InChI is InChI=1S/C23H36N4O4/c1-4-25-21(29)15-27(3)23(30)22(19-11-12-19)26-14-17(2)31-20-10-6-5-8-18(20)9-7-13-24-16-28/h5-6,8,10,16-17,19,22,26H,4,7,9,11-15H2,1-3H3,(H,24,28)(H,25,29)/t17-,22?/m1/s1. The van der Waals surface area contributed by atoms with Crippen LogP contribution in [0.2, 0.25) is 0 Å². The molecule has 1 aliphatic rings. The largest absolute Gasteiger partial charge is 0.489 e. The highest BCUT2D eigenvalue weighted by atomic mass is 16.5. The fraction of sp³-hybridized carbons (Fsp3) is 0.609. The lowest BCUT2D eigenvalue weighted by Crippen LogP contribution is -2.50. The lowest BCUT2D eigenvalue weighted by atomic mass is 10.1. The van der Waals surface area contributed by atoms with E-state index in [1.165, 1.54) is 4.90 Å².